The van der Waals surface area contributed by atoms with E-state index in [1.807, 2.05) is 0 Å². The van der Waals surface area contributed by atoms with E-state index in [1.54, 1.807) is 0 Å². The molecule has 0 N–H and O–H groups in total. The van der Waals surface area contributed by atoms with E-state index in [1.165, 1.54) is 12.1 Å². The third-order valence-corrected chi connectivity index (χ3v) is 3.76. The van der Waals surface area contributed by atoms with Gasteiger partial charge in [-0.3, -0.25) is 4.79 Å². The van der Waals surface area contributed by atoms with Crippen LogP contribution >= 0.6 is 11.6 Å². The Labute approximate surface area is 114 Å². The first-order valence-corrected chi connectivity index (χ1v) is 6.68. The number of rotatable bonds is 2. The van der Waals surface area contributed by atoms with Gasteiger partial charge < -0.3 is 0 Å². The molecule has 0 atom stereocenters. The summed E-state index contributed by atoms with van der Waals surface area (Å²) >= 11 is 5.60. The van der Waals surface area contributed by atoms with Crippen molar-refractivity contribution < 1.29 is 18.0 Å². The Morgan fingerprint density at radius 3 is 2.37 bits per heavy atom. The number of hydrogen-bond acceptors (Lipinski definition) is 1. The predicted octanol–water partition coefficient (Wildman–Crippen LogP) is 5.12. The van der Waals surface area contributed by atoms with Gasteiger partial charge in [0.15, 0.2) is 5.78 Å². The number of halogens is 4. The lowest BCUT2D eigenvalue weighted by molar-refractivity contribution is -0.137. The average molecular weight is 291 g/mol. The smallest absolute Gasteiger partial charge is 0.294 e. The fourth-order valence-corrected chi connectivity index (χ4v) is 2.72. The van der Waals surface area contributed by atoms with Crippen molar-refractivity contribution in [3.05, 3.63) is 34.3 Å². The minimum atomic E-state index is -4.55. The monoisotopic (exact) mass is 290 g/mol. The highest BCUT2D eigenvalue weighted by Gasteiger charge is 2.37. The normalized spacial score (nSPS) is 17.5. The van der Waals surface area contributed by atoms with Crippen molar-refractivity contribution in [3.63, 3.8) is 0 Å². The Bertz CT molecular complexity index is 476. The zero-order valence-electron chi connectivity index (χ0n) is 10.3. The number of hydrogen-bond donors (Lipinski definition) is 0. The van der Waals surface area contributed by atoms with Gasteiger partial charge in [0.05, 0.1) is 5.56 Å². The van der Waals surface area contributed by atoms with Gasteiger partial charge in [-0.15, -0.1) is 0 Å². The summed E-state index contributed by atoms with van der Waals surface area (Å²) in [5.74, 6) is -0.681. The van der Waals surface area contributed by atoms with Crippen LogP contribution in [0.2, 0.25) is 5.02 Å². The van der Waals surface area contributed by atoms with Gasteiger partial charge in [-0.25, -0.2) is 0 Å². The van der Waals surface area contributed by atoms with Crippen LogP contribution in [0.1, 0.15) is 48.0 Å². The minimum absolute atomic E-state index is 0.00693. The molecule has 1 aromatic carbocycles. The lowest BCUT2D eigenvalue weighted by Crippen LogP contribution is -2.21. The maximum atomic E-state index is 12.9. The van der Waals surface area contributed by atoms with E-state index in [-0.39, 0.29) is 16.5 Å². The second-order valence-electron chi connectivity index (χ2n) is 4.89. The molecule has 2 rings (SSSR count). The molecule has 0 aromatic heterocycles. The number of alkyl halides is 3. The zero-order valence-corrected chi connectivity index (χ0v) is 11.0. The summed E-state index contributed by atoms with van der Waals surface area (Å²) in [6.07, 6.45) is -0.324. The van der Waals surface area contributed by atoms with Crippen molar-refractivity contribution >= 4 is 17.4 Å². The summed E-state index contributed by atoms with van der Waals surface area (Å²) < 4.78 is 38.8. The van der Waals surface area contributed by atoms with Gasteiger partial charge in [-0.2, -0.15) is 13.2 Å². The van der Waals surface area contributed by atoms with Crippen LogP contribution in [0, 0.1) is 5.92 Å². The fraction of sp³-hybridized carbons (Fsp3) is 0.500. The third-order valence-electron chi connectivity index (χ3n) is 3.53. The van der Waals surface area contributed by atoms with Gasteiger partial charge in [0.2, 0.25) is 0 Å². The van der Waals surface area contributed by atoms with E-state index in [4.69, 9.17) is 11.6 Å². The Kier molecular flexibility index (Phi) is 4.19. The van der Waals surface area contributed by atoms with Gasteiger partial charge >= 0.3 is 6.18 Å². The van der Waals surface area contributed by atoms with Crippen LogP contribution in [0.4, 0.5) is 13.2 Å². The Hall–Kier alpha value is -1.03. The highest BCUT2D eigenvalue weighted by molar-refractivity contribution is 6.30. The van der Waals surface area contributed by atoms with Crippen molar-refractivity contribution in [1.82, 2.24) is 0 Å². The second kappa shape index (κ2) is 5.53. The van der Waals surface area contributed by atoms with E-state index in [0.717, 1.165) is 25.3 Å². The molecular weight excluding hydrogens is 277 g/mol. The first-order valence-electron chi connectivity index (χ1n) is 6.30. The van der Waals surface area contributed by atoms with Gasteiger partial charge in [0.1, 0.15) is 0 Å². The molecule has 0 heterocycles. The van der Waals surface area contributed by atoms with E-state index >= 15 is 0 Å². The van der Waals surface area contributed by atoms with Crippen LogP contribution in [0.25, 0.3) is 0 Å². The standard InChI is InChI=1S/C14H14ClF3O/c15-10-6-7-11(12(8-10)14(16,17)18)13(19)9-4-2-1-3-5-9/h6-9H,1-5H2. The number of carbonyl (C=O) groups excluding carboxylic acids is 1. The lowest BCUT2D eigenvalue weighted by Gasteiger charge is -2.22. The van der Waals surface area contributed by atoms with Gasteiger partial charge in [-0.05, 0) is 31.0 Å². The van der Waals surface area contributed by atoms with Crippen molar-refractivity contribution in [2.45, 2.75) is 38.3 Å². The van der Waals surface area contributed by atoms with Crippen molar-refractivity contribution in [3.8, 4) is 0 Å². The quantitative estimate of drug-likeness (QED) is 0.691. The summed E-state index contributed by atoms with van der Waals surface area (Å²) in [7, 11) is 0. The van der Waals surface area contributed by atoms with E-state index in [0.29, 0.717) is 12.8 Å². The molecule has 1 aliphatic carbocycles. The van der Waals surface area contributed by atoms with Gasteiger partial charge in [-0.1, -0.05) is 30.9 Å². The van der Waals surface area contributed by atoms with E-state index in [9.17, 15) is 18.0 Å². The molecule has 1 nitrogen and oxygen atoms in total. The Balaban J connectivity index is 2.35. The molecule has 0 radical (unpaired) electrons. The molecule has 0 amide bonds. The maximum absolute atomic E-state index is 12.9. The third kappa shape index (κ3) is 3.30. The molecule has 0 unspecified atom stereocenters. The number of carbonyl (C=O) groups is 1. The first-order chi connectivity index (χ1) is 8.89. The topological polar surface area (TPSA) is 17.1 Å². The first kappa shape index (κ1) is 14.4. The van der Waals surface area contributed by atoms with E-state index < -0.39 is 17.5 Å². The molecule has 19 heavy (non-hydrogen) atoms. The number of benzene rings is 1. The highest BCUT2D eigenvalue weighted by atomic mass is 35.5. The molecule has 0 bridgehead atoms. The molecule has 1 fully saturated rings. The van der Waals surface area contributed by atoms with E-state index in [2.05, 4.69) is 0 Å². The minimum Gasteiger partial charge on any atom is -0.294 e. The summed E-state index contributed by atoms with van der Waals surface area (Å²) in [6, 6.07) is 3.37. The molecule has 1 aromatic rings. The number of Topliss-reactive ketones (excluding diaryl/α,β-unsaturated/α-hetero) is 1. The van der Waals surface area contributed by atoms with Gasteiger partial charge in [0.25, 0.3) is 0 Å². The molecule has 1 saturated carbocycles. The van der Waals surface area contributed by atoms with Crippen molar-refractivity contribution in [2.24, 2.45) is 5.92 Å². The maximum Gasteiger partial charge on any atom is 0.417 e. The molecule has 0 saturated heterocycles. The van der Waals surface area contributed by atoms with Gasteiger partial charge in [0, 0.05) is 16.5 Å². The second-order valence-corrected chi connectivity index (χ2v) is 5.32. The summed E-state index contributed by atoms with van der Waals surface area (Å²) in [4.78, 5) is 12.2. The van der Waals surface area contributed by atoms with Crippen LogP contribution in [-0.2, 0) is 6.18 Å². The molecule has 5 heteroatoms. The Morgan fingerprint density at radius 1 is 1.16 bits per heavy atom. The zero-order chi connectivity index (χ0) is 14.0. The van der Waals surface area contributed by atoms with Crippen molar-refractivity contribution in [1.29, 1.82) is 0 Å². The predicted molar refractivity (Wildman–Crippen MR) is 67.4 cm³/mol. The summed E-state index contributed by atoms with van der Waals surface area (Å²) in [5, 5.41) is -0.00693. The summed E-state index contributed by atoms with van der Waals surface area (Å²) in [6.45, 7) is 0. The average Bonchev–Trinajstić information content (AvgIpc) is 2.38. The van der Waals surface area contributed by atoms with Crippen LogP contribution < -0.4 is 0 Å². The van der Waals surface area contributed by atoms with Crippen LogP contribution in [-0.4, -0.2) is 5.78 Å². The molecule has 104 valence electrons. The fourth-order valence-electron chi connectivity index (χ4n) is 2.55. The highest BCUT2D eigenvalue weighted by Crippen LogP contribution is 2.36. The van der Waals surface area contributed by atoms with Crippen LogP contribution in [0.3, 0.4) is 0 Å². The van der Waals surface area contributed by atoms with Crippen molar-refractivity contribution in [2.75, 3.05) is 0 Å². The lowest BCUT2D eigenvalue weighted by atomic mass is 9.83. The van der Waals surface area contributed by atoms with Crippen LogP contribution in [0.5, 0.6) is 0 Å². The largest absolute Gasteiger partial charge is 0.417 e. The molecule has 0 aliphatic heterocycles. The SMILES string of the molecule is O=C(c1ccc(Cl)cc1C(F)(F)F)C1CCCCC1. The number of ketones is 1. The van der Waals surface area contributed by atoms with Crippen LogP contribution in [0.15, 0.2) is 18.2 Å². The Morgan fingerprint density at radius 2 is 1.79 bits per heavy atom. The molecular formula is C14H14ClF3O. The molecule has 1 aliphatic rings. The summed E-state index contributed by atoms with van der Waals surface area (Å²) in [5.41, 5.74) is -1.17. The molecule has 0 spiro atoms.